The van der Waals surface area contributed by atoms with Gasteiger partial charge in [-0.1, -0.05) is 81.3 Å². The summed E-state index contributed by atoms with van der Waals surface area (Å²) in [4.78, 5) is 42.1. The molecule has 3 atom stereocenters. The highest BCUT2D eigenvalue weighted by Gasteiger charge is 2.34. The molecule has 1 aliphatic carbocycles. The van der Waals surface area contributed by atoms with Crippen LogP contribution >= 0.6 is 0 Å². The molecule has 1 fully saturated rings. The number of hydrogen-bond acceptors (Lipinski definition) is 4. The van der Waals surface area contributed by atoms with Crippen LogP contribution < -0.4 is 10.6 Å². The fraction of sp³-hybridized carbons (Fsp3) is 0.545. The second-order valence-electron chi connectivity index (χ2n) is 11.8. The largest absolute Gasteiger partial charge is 0.353 e. The van der Waals surface area contributed by atoms with E-state index in [1.807, 2.05) is 30.3 Å². The van der Waals surface area contributed by atoms with Gasteiger partial charge in [0.25, 0.3) is 0 Å². The van der Waals surface area contributed by atoms with E-state index < -0.39 is 6.04 Å². The van der Waals surface area contributed by atoms with Crippen molar-refractivity contribution in [3.05, 3.63) is 71.3 Å². The van der Waals surface area contributed by atoms with Crippen LogP contribution in [-0.2, 0) is 33.8 Å². The first-order chi connectivity index (χ1) is 18.9. The Balaban J connectivity index is 1.35. The topological polar surface area (TPSA) is 78.5 Å². The Labute approximate surface area is 233 Å². The third-order valence-corrected chi connectivity index (χ3v) is 8.16. The van der Waals surface area contributed by atoms with E-state index in [1.165, 1.54) is 11.1 Å². The maximum absolute atomic E-state index is 13.5. The van der Waals surface area contributed by atoms with E-state index in [4.69, 9.17) is 0 Å². The Morgan fingerprint density at radius 1 is 0.923 bits per heavy atom. The van der Waals surface area contributed by atoms with Crippen molar-refractivity contribution in [1.29, 1.82) is 0 Å². The highest BCUT2D eigenvalue weighted by molar-refractivity contribution is 5.91. The fourth-order valence-electron chi connectivity index (χ4n) is 6.05. The van der Waals surface area contributed by atoms with E-state index in [-0.39, 0.29) is 35.5 Å². The number of hydrogen-bond donors (Lipinski definition) is 2. The molecule has 2 aliphatic rings. The molecule has 1 heterocycles. The molecule has 2 aromatic rings. The summed E-state index contributed by atoms with van der Waals surface area (Å²) in [6.45, 7) is 6.17. The predicted octanol–water partition coefficient (Wildman–Crippen LogP) is 4.84. The van der Waals surface area contributed by atoms with Gasteiger partial charge in [-0.2, -0.15) is 0 Å². The van der Waals surface area contributed by atoms with Crippen LogP contribution in [0.2, 0.25) is 0 Å². The summed E-state index contributed by atoms with van der Waals surface area (Å²) < 4.78 is 0. The van der Waals surface area contributed by atoms with Crippen LogP contribution in [0.5, 0.6) is 0 Å². The maximum Gasteiger partial charge on any atom is 0.225 e. The van der Waals surface area contributed by atoms with E-state index in [1.54, 1.807) is 0 Å². The van der Waals surface area contributed by atoms with Crippen molar-refractivity contribution in [2.24, 2.45) is 11.8 Å². The van der Waals surface area contributed by atoms with Gasteiger partial charge in [-0.25, -0.2) is 0 Å². The Morgan fingerprint density at radius 3 is 2.41 bits per heavy atom. The number of carbonyl (C=O) groups is 3. The molecule has 2 amide bonds. The number of fused-ring (bicyclic) bond motifs is 1. The quantitative estimate of drug-likeness (QED) is 0.435. The molecule has 2 N–H and O–H groups in total. The summed E-state index contributed by atoms with van der Waals surface area (Å²) in [6, 6.07) is 17.8. The van der Waals surface area contributed by atoms with Gasteiger partial charge in [0.15, 0.2) is 5.78 Å². The smallest absolute Gasteiger partial charge is 0.225 e. The van der Waals surface area contributed by atoms with Crippen LogP contribution in [0.15, 0.2) is 54.6 Å². The molecule has 2 aromatic carbocycles. The molecule has 39 heavy (non-hydrogen) atoms. The highest BCUT2D eigenvalue weighted by atomic mass is 16.2. The van der Waals surface area contributed by atoms with Crippen LogP contribution in [0.3, 0.4) is 0 Å². The van der Waals surface area contributed by atoms with Crippen molar-refractivity contribution in [1.82, 2.24) is 15.5 Å². The van der Waals surface area contributed by atoms with Gasteiger partial charge in [-0.15, -0.1) is 0 Å². The second kappa shape index (κ2) is 14.4. The number of carbonyl (C=O) groups excluding carboxylic acids is 3. The van der Waals surface area contributed by atoms with Gasteiger partial charge in [0.1, 0.15) is 0 Å². The van der Waals surface area contributed by atoms with Gasteiger partial charge >= 0.3 is 0 Å². The molecule has 0 bridgehead atoms. The van der Waals surface area contributed by atoms with Gasteiger partial charge in [0, 0.05) is 19.0 Å². The zero-order chi connectivity index (χ0) is 27.6. The zero-order valence-corrected chi connectivity index (χ0v) is 23.7. The molecule has 6 heteroatoms. The Kier molecular flexibility index (Phi) is 10.7. The molecule has 1 aliphatic heterocycles. The van der Waals surface area contributed by atoms with Crippen molar-refractivity contribution in [3.63, 3.8) is 0 Å². The third kappa shape index (κ3) is 8.76. The minimum absolute atomic E-state index is 0.0141. The molecular weight excluding hydrogens is 486 g/mol. The molecule has 210 valence electrons. The van der Waals surface area contributed by atoms with Crippen molar-refractivity contribution in [2.75, 3.05) is 13.1 Å². The summed E-state index contributed by atoms with van der Waals surface area (Å²) in [5, 5.41) is 6.29. The summed E-state index contributed by atoms with van der Waals surface area (Å²) in [5.74, 6) is -0.0466. The van der Waals surface area contributed by atoms with Crippen molar-refractivity contribution < 1.29 is 14.4 Å². The van der Waals surface area contributed by atoms with Crippen LogP contribution in [0, 0.1) is 11.8 Å². The summed E-state index contributed by atoms with van der Waals surface area (Å²) in [5.41, 5.74) is 3.79. The normalized spacial score (nSPS) is 20.5. The van der Waals surface area contributed by atoms with E-state index in [0.717, 1.165) is 57.2 Å². The monoisotopic (exact) mass is 531 g/mol. The molecular formula is C33H45N3O3. The van der Waals surface area contributed by atoms with E-state index in [9.17, 15) is 14.4 Å². The molecule has 4 rings (SSSR count). The molecule has 6 nitrogen and oxygen atoms in total. The third-order valence-electron chi connectivity index (χ3n) is 8.16. The Hall–Kier alpha value is -2.99. The number of nitrogens with one attached hydrogen (secondary N) is 2. The lowest BCUT2D eigenvalue weighted by Crippen LogP contribution is -2.53. The van der Waals surface area contributed by atoms with Gasteiger partial charge < -0.3 is 10.6 Å². The van der Waals surface area contributed by atoms with Crippen molar-refractivity contribution in [3.8, 4) is 0 Å². The Bertz CT molecular complexity index is 1100. The number of aryl methyl sites for hydroxylation is 2. The van der Waals surface area contributed by atoms with Crippen LogP contribution in [-0.4, -0.2) is 47.7 Å². The molecule has 1 unspecified atom stereocenters. The van der Waals surface area contributed by atoms with Crippen molar-refractivity contribution in [2.45, 2.75) is 90.3 Å². The van der Waals surface area contributed by atoms with Gasteiger partial charge in [-0.05, 0) is 67.7 Å². The van der Waals surface area contributed by atoms with Crippen LogP contribution in [0.4, 0.5) is 0 Å². The minimum atomic E-state index is -0.507. The van der Waals surface area contributed by atoms with E-state index in [2.05, 4.69) is 53.6 Å². The number of amides is 2. The number of nitrogens with zero attached hydrogens (tertiary/aromatic N) is 1. The SMILES string of the molecule is CC(C)CC(NC(=O)[C@@H]1CCCC[C@@H]1NC(=O)CCc1ccccc1)C(=O)CN1CCCc2ccccc2C1. The fourth-order valence-corrected chi connectivity index (χ4v) is 6.05. The summed E-state index contributed by atoms with van der Waals surface area (Å²) >= 11 is 0. The summed E-state index contributed by atoms with van der Waals surface area (Å²) in [6.07, 6.45) is 7.27. The summed E-state index contributed by atoms with van der Waals surface area (Å²) in [7, 11) is 0. The van der Waals surface area contributed by atoms with Gasteiger partial charge in [0.05, 0.1) is 18.5 Å². The second-order valence-corrected chi connectivity index (χ2v) is 11.8. The van der Waals surface area contributed by atoms with E-state index >= 15 is 0 Å². The minimum Gasteiger partial charge on any atom is -0.353 e. The molecule has 1 saturated carbocycles. The first kappa shape index (κ1) is 29.0. The molecule has 0 aromatic heterocycles. The first-order valence-electron chi connectivity index (χ1n) is 14.8. The highest BCUT2D eigenvalue weighted by Crippen LogP contribution is 2.26. The zero-order valence-electron chi connectivity index (χ0n) is 23.7. The number of rotatable bonds is 11. The van der Waals surface area contributed by atoms with Crippen LogP contribution in [0.25, 0.3) is 0 Å². The molecule has 0 spiro atoms. The average molecular weight is 532 g/mol. The predicted molar refractivity (Wildman–Crippen MR) is 155 cm³/mol. The lowest BCUT2D eigenvalue weighted by molar-refractivity contribution is -0.133. The lowest BCUT2D eigenvalue weighted by atomic mass is 9.83. The first-order valence-corrected chi connectivity index (χ1v) is 14.8. The van der Waals surface area contributed by atoms with E-state index in [0.29, 0.717) is 25.8 Å². The standard InChI is InChI=1S/C33H45N3O3/c1-24(2)21-30(31(37)23-36-20-10-15-26-13-6-7-14-27(26)22-36)35-33(39)28-16-8-9-17-29(28)34-32(38)19-18-25-11-4-3-5-12-25/h3-7,11-14,24,28-30H,8-10,15-23H2,1-2H3,(H,34,38)(H,35,39)/t28-,29+,30?/m1/s1. The number of benzene rings is 2. The molecule has 0 saturated heterocycles. The maximum atomic E-state index is 13.5. The number of ketones is 1. The Morgan fingerprint density at radius 2 is 1.64 bits per heavy atom. The van der Waals surface area contributed by atoms with Crippen LogP contribution in [0.1, 0.15) is 75.5 Å². The number of Topliss-reactive ketones (excluding diaryl/α,β-unsaturated/α-hetero) is 1. The van der Waals surface area contributed by atoms with Gasteiger partial charge in [-0.3, -0.25) is 19.3 Å². The lowest BCUT2D eigenvalue weighted by Gasteiger charge is -2.33. The van der Waals surface area contributed by atoms with Gasteiger partial charge in [0.2, 0.25) is 11.8 Å². The average Bonchev–Trinajstić information content (AvgIpc) is 3.14. The molecule has 0 radical (unpaired) electrons. The van der Waals surface area contributed by atoms with Crippen molar-refractivity contribution >= 4 is 17.6 Å².